The van der Waals surface area contributed by atoms with Crippen LogP contribution in [0.2, 0.25) is 0 Å². The van der Waals surface area contributed by atoms with Crippen molar-refractivity contribution < 1.29 is 14.3 Å². The number of carbonyl (C=O) groups is 2. The topological polar surface area (TPSA) is 61.9 Å². The summed E-state index contributed by atoms with van der Waals surface area (Å²) in [5.74, 6) is 1.42. The Morgan fingerprint density at radius 3 is 2.54 bits per heavy atom. The van der Waals surface area contributed by atoms with E-state index in [1.807, 2.05) is 32.6 Å². The van der Waals surface area contributed by atoms with Gasteiger partial charge in [0.2, 0.25) is 5.91 Å². The molecular weight excluding hydrogens is 354 g/mol. The zero-order chi connectivity index (χ0) is 20.6. The van der Waals surface area contributed by atoms with Gasteiger partial charge in [0.1, 0.15) is 11.4 Å². The molecule has 0 saturated carbocycles. The number of hydrogen-bond acceptors (Lipinski definition) is 4. The molecule has 156 valence electrons. The van der Waals surface area contributed by atoms with Crippen molar-refractivity contribution in [2.24, 2.45) is 5.92 Å². The molecule has 1 fully saturated rings. The molecule has 0 spiro atoms. The minimum Gasteiger partial charge on any atom is -0.490 e. The van der Waals surface area contributed by atoms with Gasteiger partial charge in [-0.2, -0.15) is 0 Å². The Bertz CT molecular complexity index is 690. The second kappa shape index (κ2) is 7.80. The number of hydrogen-bond donors (Lipinski definition) is 1. The average Bonchev–Trinajstić information content (AvgIpc) is 3.21. The van der Waals surface area contributed by atoms with Gasteiger partial charge in [0, 0.05) is 30.9 Å². The summed E-state index contributed by atoms with van der Waals surface area (Å²) in [4.78, 5) is 28.9. The minimum atomic E-state index is -0.323. The molecule has 0 aliphatic carbocycles. The van der Waals surface area contributed by atoms with Crippen LogP contribution in [0, 0.1) is 5.92 Å². The van der Waals surface area contributed by atoms with Crippen LogP contribution < -0.4 is 5.32 Å². The maximum atomic E-state index is 12.9. The van der Waals surface area contributed by atoms with E-state index in [0.717, 1.165) is 43.8 Å². The lowest BCUT2D eigenvalue weighted by molar-refractivity contribution is -0.128. The van der Waals surface area contributed by atoms with Crippen LogP contribution in [0.25, 0.3) is 0 Å². The van der Waals surface area contributed by atoms with Gasteiger partial charge in [-0.1, -0.05) is 13.8 Å². The molecule has 3 rings (SSSR count). The molecule has 3 atom stereocenters. The SMILES string of the molecule is CC(C)CC[C@H]1C(OC(C)(C)C)=CC(=O)N1[C@H]1CCN(C2=CC(=O)N[C@H]2C)C1. The van der Waals surface area contributed by atoms with Crippen LogP contribution in [0.5, 0.6) is 0 Å². The van der Waals surface area contributed by atoms with Gasteiger partial charge in [-0.3, -0.25) is 9.59 Å². The zero-order valence-corrected chi connectivity index (χ0v) is 18.1. The van der Waals surface area contributed by atoms with Gasteiger partial charge in [0.05, 0.1) is 18.1 Å². The Morgan fingerprint density at radius 1 is 1.25 bits per heavy atom. The smallest absolute Gasteiger partial charge is 0.250 e. The molecule has 6 nitrogen and oxygen atoms in total. The third-order valence-electron chi connectivity index (χ3n) is 5.63. The van der Waals surface area contributed by atoms with Crippen molar-refractivity contribution in [1.82, 2.24) is 15.1 Å². The van der Waals surface area contributed by atoms with Crippen LogP contribution in [0.15, 0.2) is 23.6 Å². The van der Waals surface area contributed by atoms with Crippen molar-refractivity contribution in [3.63, 3.8) is 0 Å². The molecule has 3 aliphatic rings. The van der Waals surface area contributed by atoms with Gasteiger partial charge in [0.15, 0.2) is 0 Å². The lowest BCUT2D eigenvalue weighted by atomic mass is 10.0. The van der Waals surface area contributed by atoms with Crippen LogP contribution in [0.4, 0.5) is 0 Å². The Hall–Kier alpha value is -1.98. The summed E-state index contributed by atoms with van der Waals surface area (Å²) >= 11 is 0. The van der Waals surface area contributed by atoms with Crippen LogP contribution in [0.3, 0.4) is 0 Å². The van der Waals surface area contributed by atoms with E-state index in [1.54, 1.807) is 12.2 Å². The summed E-state index contributed by atoms with van der Waals surface area (Å²) in [7, 11) is 0. The first-order valence-corrected chi connectivity index (χ1v) is 10.5. The molecule has 0 radical (unpaired) electrons. The summed E-state index contributed by atoms with van der Waals surface area (Å²) in [5, 5.41) is 2.93. The first-order chi connectivity index (χ1) is 13.0. The van der Waals surface area contributed by atoms with E-state index in [-0.39, 0.29) is 35.5 Å². The molecule has 0 bridgehead atoms. The van der Waals surface area contributed by atoms with Gasteiger partial charge in [-0.25, -0.2) is 0 Å². The number of carbonyl (C=O) groups excluding carboxylic acids is 2. The van der Waals surface area contributed by atoms with Crippen LogP contribution in [-0.4, -0.2) is 58.4 Å². The zero-order valence-electron chi connectivity index (χ0n) is 18.1. The van der Waals surface area contributed by atoms with E-state index in [1.165, 1.54) is 0 Å². The Balaban J connectivity index is 1.75. The summed E-state index contributed by atoms with van der Waals surface area (Å²) < 4.78 is 6.18. The second-order valence-corrected chi connectivity index (χ2v) is 9.68. The van der Waals surface area contributed by atoms with Gasteiger partial charge in [0.25, 0.3) is 5.91 Å². The minimum absolute atomic E-state index is 0.00816. The third kappa shape index (κ3) is 4.53. The number of rotatable bonds is 6. The highest BCUT2D eigenvalue weighted by Crippen LogP contribution is 2.34. The second-order valence-electron chi connectivity index (χ2n) is 9.68. The van der Waals surface area contributed by atoms with Crippen LogP contribution in [-0.2, 0) is 14.3 Å². The third-order valence-corrected chi connectivity index (χ3v) is 5.63. The van der Waals surface area contributed by atoms with Crippen LogP contribution in [0.1, 0.15) is 60.8 Å². The van der Waals surface area contributed by atoms with Crippen LogP contribution >= 0.6 is 0 Å². The van der Waals surface area contributed by atoms with Crippen molar-refractivity contribution in [3.8, 4) is 0 Å². The highest BCUT2D eigenvalue weighted by molar-refractivity contribution is 5.92. The molecule has 28 heavy (non-hydrogen) atoms. The van der Waals surface area contributed by atoms with Gasteiger partial charge < -0.3 is 19.9 Å². The fourth-order valence-electron chi connectivity index (χ4n) is 4.40. The number of ether oxygens (including phenoxy) is 1. The molecule has 0 aromatic rings. The largest absolute Gasteiger partial charge is 0.490 e. The maximum absolute atomic E-state index is 12.9. The van der Waals surface area contributed by atoms with E-state index in [4.69, 9.17) is 4.74 Å². The average molecular weight is 390 g/mol. The fraction of sp³-hybridized carbons (Fsp3) is 0.727. The molecule has 0 aromatic heterocycles. The first-order valence-electron chi connectivity index (χ1n) is 10.5. The Labute approximate surface area is 169 Å². The molecule has 1 N–H and O–H groups in total. The van der Waals surface area contributed by atoms with E-state index in [2.05, 4.69) is 24.1 Å². The molecule has 0 aromatic carbocycles. The first kappa shape index (κ1) is 20.7. The molecule has 3 heterocycles. The normalized spacial score (nSPS) is 28.2. The summed E-state index contributed by atoms with van der Waals surface area (Å²) in [6.07, 6.45) is 6.28. The molecule has 6 heteroatoms. The maximum Gasteiger partial charge on any atom is 0.250 e. The molecular formula is C22H35N3O3. The standard InChI is InChI=1S/C22H35N3O3/c1-14(2)7-8-17-19(28-22(4,5)6)12-21(27)25(17)16-9-10-24(13-16)18-11-20(26)23-15(18)3/h11-12,14-17H,7-10,13H2,1-6H3,(H,23,26)/t15-,16-,17-/m0/s1. The lowest BCUT2D eigenvalue weighted by Crippen LogP contribution is -2.46. The number of nitrogens with zero attached hydrogens (tertiary/aromatic N) is 2. The Morgan fingerprint density at radius 2 is 1.96 bits per heavy atom. The van der Waals surface area contributed by atoms with Crippen molar-refractivity contribution >= 4 is 11.8 Å². The predicted molar refractivity (Wildman–Crippen MR) is 109 cm³/mol. The number of nitrogens with one attached hydrogen (secondary N) is 1. The predicted octanol–water partition coefficient (Wildman–Crippen LogP) is 2.81. The van der Waals surface area contributed by atoms with E-state index in [0.29, 0.717) is 5.92 Å². The molecule has 0 unspecified atom stereocenters. The quantitative estimate of drug-likeness (QED) is 0.759. The highest BCUT2D eigenvalue weighted by Gasteiger charge is 2.43. The molecule has 1 saturated heterocycles. The van der Waals surface area contributed by atoms with Crippen molar-refractivity contribution in [2.75, 3.05) is 13.1 Å². The number of amides is 2. The van der Waals surface area contributed by atoms with Crippen molar-refractivity contribution in [1.29, 1.82) is 0 Å². The molecule has 2 amide bonds. The van der Waals surface area contributed by atoms with Crippen molar-refractivity contribution in [2.45, 2.75) is 84.5 Å². The van der Waals surface area contributed by atoms with Gasteiger partial charge in [-0.05, 0) is 52.9 Å². The van der Waals surface area contributed by atoms with E-state index >= 15 is 0 Å². The summed E-state index contributed by atoms with van der Waals surface area (Å²) in [5.41, 5.74) is 0.716. The van der Waals surface area contributed by atoms with E-state index in [9.17, 15) is 9.59 Å². The van der Waals surface area contributed by atoms with Gasteiger partial charge in [-0.15, -0.1) is 0 Å². The van der Waals surface area contributed by atoms with Gasteiger partial charge >= 0.3 is 0 Å². The lowest BCUT2D eigenvalue weighted by Gasteiger charge is -2.35. The fourth-order valence-corrected chi connectivity index (χ4v) is 4.40. The highest BCUT2D eigenvalue weighted by atomic mass is 16.5. The monoisotopic (exact) mass is 389 g/mol. The summed E-state index contributed by atoms with van der Waals surface area (Å²) in [6, 6.07) is 0.190. The Kier molecular flexibility index (Phi) is 5.78. The van der Waals surface area contributed by atoms with E-state index < -0.39 is 0 Å². The number of likely N-dealkylation sites (tertiary alicyclic amines) is 1. The van der Waals surface area contributed by atoms with Crippen molar-refractivity contribution in [3.05, 3.63) is 23.6 Å². The molecule has 3 aliphatic heterocycles. The summed E-state index contributed by atoms with van der Waals surface area (Å²) in [6.45, 7) is 14.1.